The highest BCUT2D eigenvalue weighted by molar-refractivity contribution is 5.13. The van der Waals surface area contributed by atoms with E-state index in [0.29, 0.717) is 18.1 Å². The molecular weight excluding hydrogens is 186 g/mol. The van der Waals surface area contributed by atoms with Gasteiger partial charge in [-0.3, -0.25) is 4.84 Å². The fraction of sp³-hybridized carbons (Fsp3) is 0.538. The van der Waals surface area contributed by atoms with Crippen molar-refractivity contribution in [2.45, 2.75) is 39.3 Å². The van der Waals surface area contributed by atoms with Gasteiger partial charge in [-0.1, -0.05) is 44.2 Å². The van der Waals surface area contributed by atoms with Crippen molar-refractivity contribution in [1.82, 2.24) is 5.48 Å². The van der Waals surface area contributed by atoms with E-state index in [1.165, 1.54) is 18.4 Å². The topological polar surface area (TPSA) is 21.3 Å². The first-order valence-electron chi connectivity index (χ1n) is 5.60. The maximum Gasteiger partial charge on any atom is 0.0933 e. The predicted octanol–water partition coefficient (Wildman–Crippen LogP) is 2.90. The Balaban J connectivity index is 1.72. The monoisotopic (exact) mass is 205 g/mol. The molecule has 1 aromatic rings. The smallest absolute Gasteiger partial charge is 0.0933 e. The molecule has 0 radical (unpaired) electrons. The molecular formula is C13H19NO. The van der Waals surface area contributed by atoms with Gasteiger partial charge in [0.15, 0.2) is 0 Å². The van der Waals surface area contributed by atoms with Crippen molar-refractivity contribution in [2.75, 3.05) is 0 Å². The van der Waals surface area contributed by atoms with Gasteiger partial charge < -0.3 is 0 Å². The van der Waals surface area contributed by atoms with E-state index >= 15 is 0 Å². The highest BCUT2D eigenvalue weighted by atomic mass is 16.6. The van der Waals surface area contributed by atoms with Crippen LogP contribution in [0.25, 0.3) is 0 Å². The second kappa shape index (κ2) is 4.33. The van der Waals surface area contributed by atoms with Crippen LogP contribution in [0.4, 0.5) is 0 Å². The summed E-state index contributed by atoms with van der Waals surface area (Å²) in [6.45, 7) is 5.20. The van der Waals surface area contributed by atoms with Crippen molar-refractivity contribution < 1.29 is 4.84 Å². The minimum atomic E-state index is 0.399. The third-order valence-electron chi connectivity index (χ3n) is 3.33. The van der Waals surface area contributed by atoms with Gasteiger partial charge in [-0.05, 0) is 23.8 Å². The Morgan fingerprint density at radius 3 is 2.60 bits per heavy atom. The van der Waals surface area contributed by atoms with Gasteiger partial charge in [0.1, 0.15) is 0 Å². The zero-order valence-electron chi connectivity index (χ0n) is 9.49. The molecule has 0 bridgehead atoms. The van der Waals surface area contributed by atoms with E-state index in [4.69, 9.17) is 4.84 Å². The molecule has 1 aliphatic carbocycles. The summed E-state index contributed by atoms with van der Waals surface area (Å²) in [4.78, 5) is 5.51. The molecule has 0 spiro atoms. The van der Waals surface area contributed by atoms with Gasteiger partial charge in [0.2, 0.25) is 0 Å². The van der Waals surface area contributed by atoms with Crippen LogP contribution in [0.1, 0.15) is 32.3 Å². The molecule has 82 valence electrons. The van der Waals surface area contributed by atoms with Crippen molar-refractivity contribution in [1.29, 1.82) is 0 Å². The molecule has 1 N–H and O–H groups in total. The van der Waals surface area contributed by atoms with E-state index in [1.807, 2.05) is 18.2 Å². The lowest BCUT2D eigenvalue weighted by Gasteiger charge is -2.44. The van der Waals surface area contributed by atoms with Crippen LogP contribution in [-0.2, 0) is 11.4 Å². The lowest BCUT2D eigenvalue weighted by molar-refractivity contribution is -0.0630. The first-order valence-corrected chi connectivity index (χ1v) is 5.60. The van der Waals surface area contributed by atoms with E-state index in [9.17, 15) is 0 Å². The third-order valence-corrected chi connectivity index (χ3v) is 3.33. The van der Waals surface area contributed by atoms with Crippen molar-refractivity contribution in [2.24, 2.45) is 5.41 Å². The standard InChI is InChI=1S/C13H19NO/c1-13(2)9-8-12(13)14-15-10-11-6-4-3-5-7-11/h3-7,12,14H,8-10H2,1-2H3. The Bertz CT molecular complexity index is 308. The molecule has 2 rings (SSSR count). The minimum Gasteiger partial charge on any atom is -0.297 e. The van der Waals surface area contributed by atoms with Gasteiger partial charge in [-0.15, -0.1) is 0 Å². The Morgan fingerprint density at radius 2 is 2.07 bits per heavy atom. The molecule has 1 fully saturated rings. The maximum atomic E-state index is 5.51. The van der Waals surface area contributed by atoms with Gasteiger partial charge in [0, 0.05) is 6.04 Å². The van der Waals surface area contributed by atoms with Gasteiger partial charge in [0.05, 0.1) is 6.61 Å². The largest absolute Gasteiger partial charge is 0.297 e. The van der Waals surface area contributed by atoms with Crippen LogP contribution < -0.4 is 5.48 Å². The molecule has 2 heteroatoms. The number of benzene rings is 1. The average Bonchev–Trinajstić information content (AvgIpc) is 2.24. The molecule has 1 atom stereocenters. The molecule has 0 aromatic heterocycles. The molecule has 0 aliphatic heterocycles. The Hall–Kier alpha value is -0.860. The van der Waals surface area contributed by atoms with Crippen LogP contribution in [0.3, 0.4) is 0 Å². The minimum absolute atomic E-state index is 0.399. The zero-order chi connectivity index (χ0) is 10.7. The Labute approximate surface area is 91.6 Å². The van der Waals surface area contributed by atoms with Crippen molar-refractivity contribution in [3.05, 3.63) is 35.9 Å². The third kappa shape index (κ3) is 2.58. The number of nitrogens with one attached hydrogen (secondary N) is 1. The van der Waals surface area contributed by atoms with Gasteiger partial charge in [-0.25, -0.2) is 0 Å². The van der Waals surface area contributed by atoms with Gasteiger partial charge in [-0.2, -0.15) is 5.48 Å². The average molecular weight is 205 g/mol. The van der Waals surface area contributed by atoms with Crippen molar-refractivity contribution >= 4 is 0 Å². The van der Waals surface area contributed by atoms with E-state index in [2.05, 4.69) is 31.5 Å². The second-order valence-electron chi connectivity index (χ2n) is 4.97. The molecule has 15 heavy (non-hydrogen) atoms. The summed E-state index contributed by atoms with van der Waals surface area (Å²) < 4.78 is 0. The van der Waals surface area contributed by atoms with Crippen LogP contribution in [0.2, 0.25) is 0 Å². The summed E-state index contributed by atoms with van der Waals surface area (Å²) in [5.41, 5.74) is 4.77. The summed E-state index contributed by atoms with van der Waals surface area (Å²) in [5, 5.41) is 0. The van der Waals surface area contributed by atoms with Gasteiger partial charge >= 0.3 is 0 Å². The van der Waals surface area contributed by atoms with Crippen LogP contribution in [0, 0.1) is 5.41 Å². The zero-order valence-corrected chi connectivity index (χ0v) is 9.49. The van der Waals surface area contributed by atoms with E-state index in [1.54, 1.807) is 0 Å². The van der Waals surface area contributed by atoms with Crippen LogP contribution in [0.15, 0.2) is 30.3 Å². The Kier molecular flexibility index (Phi) is 3.08. The van der Waals surface area contributed by atoms with E-state index in [-0.39, 0.29) is 0 Å². The summed E-state index contributed by atoms with van der Waals surface area (Å²) >= 11 is 0. The maximum absolute atomic E-state index is 5.51. The SMILES string of the molecule is CC1(C)CCC1NOCc1ccccc1. The molecule has 0 heterocycles. The fourth-order valence-corrected chi connectivity index (χ4v) is 1.88. The number of rotatable bonds is 4. The van der Waals surface area contributed by atoms with E-state index < -0.39 is 0 Å². The fourth-order valence-electron chi connectivity index (χ4n) is 1.88. The van der Waals surface area contributed by atoms with Crippen LogP contribution >= 0.6 is 0 Å². The molecule has 0 saturated heterocycles. The van der Waals surface area contributed by atoms with Gasteiger partial charge in [0.25, 0.3) is 0 Å². The highest BCUT2D eigenvalue weighted by Crippen LogP contribution is 2.39. The van der Waals surface area contributed by atoms with Crippen LogP contribution in [0.5, 0.6) is 0 Å². The van der Waals surface area contributed by atoms with Crippen molar-refractivity contribution in [3.63, 3.8) is 0 Å². The lowest BCUT2D eigenvalue weighted by Crippen LogP contribution is -2.49. The molecule has 1 aliphatic rings. The first-order chi connectivity index (χ1) is 7.18. The predicted molar refractivity (Wildman–Crippen MR) is 61.2 cm³/mol. The quantitative estimate of drug-likeness (QED) is 0.763. The normalized spacial score (nSPS) is 23.5. The summed E-state index contributed by atoms with van der Waals surface area (Å²) in [6, 6.07) is 10.8. The number of hydrogen-bond donors (Lipinski definition) is 1. The molecule has 2 nitrogen and oxygen atoms in total. The van der Waals surface area contributed by atoms with E-state index in [0.717, 1.165) is 0 Å². The van der Waals surface area contributed by atoms with Crippen LogP contribution in [-0.4, -0.2) is 6.04 Å². The summed E-state index contributed by atoms with van der Waals surface area (Å²) in [5.74, 6) is 0. The second-order valence-corrected chi connectivity index (χ2v) is 4.97. The molecule has 1 saturated carbocycles. The molecule has 0 amide bonds. The number of hydroxylamine groups is 1. The first kappa shape index (κ1) is 10.7. The molecule has 1 unspecified atom stereocenters. The summed E-state index contributed by atoms with van der Waals surface area (Å²) in [7, 11) is 0. The highest BCUT2D eigenvalue weighted by Gasteiger charge is 2.38. The Morgan fingerprint density at radius 1 is 1.33 bits per heavy atom. The summed E-state index contributed by atoms with van der Waals surface area (Å²) in [6.07, 6.45) is 2.52. The van der Waals surface area contributed by atoms with Crippen molar-refractivity contribution in [3.8, 4) is 0 Å². The number of hydrogen-bond acceptors (Lipinski definition) is 2. The lowest BCUT2D eigenvalue weighted by atomic mass is 9.68. The molecule has 1 aromatic carbocycles.